The molecule has 0 unspecified atom stereocenters. The molecule has 0 spiro atoms. The van der Waals surface area contributed by atoms with Crippen molar-refractivity contribution in [3.63, 3.8) is 0 Å². The van der Waals surface area contributed by atoms with Crippen LogP contribution in [-0.2, 0) is 0 Å². The number of carbonyl (C=O) groups excluding carboxylic acids is 1. The maximum absolute atomic E-state index is 12.0. The molecule has 1 aromatic carbocycles. The Morgan fingerprint density at radius 1 is 1.21 bits per heavy atom. The van der Waals surface area contributed by atoms with Crippen LogP contribution in [0.15, 0.2) is 57.0 Å². The molecule has 0 saturated carbocycles. The number of pyridine rings is 1. The van der Waals surface area contributed by atoms with Crippen molar-refractivity contribution in [2.24, 2.45) is 0 Å². The molecule has 1 heterocycles. The molecule has 0 aliphatic heterocycles. The maximum Gasteiger partial charge on any atom is 0.173 e. The van der Waals surface area contributed by atoms with E-state index < -0.39 is 0 Å². The summed E-state index contributed by atoms with van der Waals surface area (Å²) in [6, 6.07) is 11.5. The molecule has 0 fully saturated rings. The van der Waals surface area contributed by atoms with Crippen LogP contribution in [0.2, 0.25) is 0 Å². The molecule has 98 valence electrons. The Balaban J connectivity index is 1.95. The number of carbonyl (C=O) groups is 1. The van der Waals surface area contributed by atoms with E-state index in [0.29, 0.717) is 5.75 Å². The summed E-state index contributed by atoms with van der Waals surface area (Å²) in [6.45, 7) is 0. The first-order valence-electron chi connectivity index (χ1n) is 5.60. The molecule has 0 amide bonds. The number of benzene rings is 1. The summed E-state index contributed by atoms with van der Waals surface area (Å²) in [5.74, 6) is 0.537. The van der Waals surface area contributed by atoms with Crippen LogP contribution >= 0.6 is 39.5 Å². The molecule has 1 aromatic heterocycles. The summed E-state index contributed by atoms with van der Waals surface area (Å²) in [5, 5.41) is 0.859. The van der Waals surface area contributed by atoms with E-state index in [2.05, 4.69) is 20.9 Å². The number of aromatic nitrogens is 1. The van der Waals surface area contributed by atoms with Gasteiger partial charge in [-0.15, -0.1) is 11.8 Å². The zero-order valence-electron chi connectivity index (χ0n) is 10.3. The van der Waals surface area contributed by atoms with E-state index in [-0.39, 0.29) is 5.78 Å². The molecule has 0 saturated heterocycles. The second-order valence-electron chi connectivity index (χ2n) is 3.76. The predicted molar refractivity (Wildman–Crippen MR) is 85.2 cm³/mol. The minimum Gasteiger partial charge on any atom is -0.293 e. The van der Waals surface area contributed by atoms with Crippen molar-refractivity contribution in [3.05, 3.63) is 52.6 Å². The van der Waals surface area contributed by atoms with Gasteiger partial charge >= 0.3 is 0 Å². The fraction of sp³-hybridized carbons (Fsp3) is 0.143. The van der Waals surface area contributed by atoms with Crippen molar-refractivity contribution in [1.82, 2.24) is 4.98 Å². The standard InChI is InChI=1S/C14H12BrNOS2/c1-18-12-5-2-10(3-6-12)13(17)9-19-14-7-4-11(15)8-16-14/h2-8H,9H2,1H3. The molecule has 0 N–H and O–H groups in total. The first-order chi connectivity index (χ1) is 9.19. The van der Waals surface area contributed by atoms with Crippen LogP contribution in [0.4, 0.5) is 0 Å². The van der Waals surface area contributed by atoms with Crippen LogP contribution in [0.25, 0.3) is 0 Å². The Labute approximate surface area is 129 Å². The Morgan fingerprint density at radius 3 is 2.53 bits per heavy atom. The van der Waals surface area contributed by atoms with E-state index in [1.54, 1.807) is 18.0 Å². The van der Waals surface area contributed by atoms with Gasteiger partial charge in [-0.2, -0.15) is 0 Å². The lowest BCUT2D eigenvalue weighted by molar-refractivity contribution is 0.102. The van der Waals surface area contributed by atoms with Gasteiger partial charge in [0.2, 0.25) is 0 Å². The second-order valence-corrected chi connectivity index (χ2v) is 6.55. The Bertz CT molecular complexity index is 555. The van der Waals surface area contributed by atoms with Crippen molar-refractivity contribution in [2.75, 3.05) is 12.0 Å². The monoisotopic (exact) mass is 353 g/mol. The SMILES string of the molecule is CSc1ccc(C(=O)CSc2ccc(Br)cn2)cc1. The van der Waals surface area contributed by atoms with Gasteiger partial charge in [-0.05, 0) is 46.5 Å². The number of nitrogens with zero attached hydrogens (tertiary/aromatic N) is 1. The number of halogens is 1. The third-order valence-electron chi connectivity index (χ3n) is 2.46. The number of ketones is 1. The number of hydrogen-bond acceptors (Lipinski definition) is 4. The van der Waals surface area contributed by atoms with Crippen molar-refractivity contribution in [3.8, 4) is 0 Å². The molecule has 0 bridgehead atoms. The number of thioether (sulfide) groups is 2. The van der Waals surface area contributed by atoms with Gasteiger partial charge in [0.05, 0.1) is 10.8 Å². The summed E-state index contributed by atoms with van der Waals surface area (Å²) >= 11 is 6.46. The summed E-state index contributed by atoms with van der Waals surface area (Å²) in [5.41, 5.74) is 0.752. The number of rotatable bonds is 5. The molecule has 2 aromatic rings. The molecule has 2 rings (SSSR count). The highest BCUT2D eigenvalue weighted by Gasteiger charge is 2.07. The van der Waals surface area contributed by atoms with E-state index in [1.807, 2.05) is 42.7 Å². The lowest BCUT2D eigenvalue weighted by atomic mass is 10.1. The van der Waals surface area contributed by atoms with Crippen LogP contribution in [0.5, 0.6) is 0 Å². The molecular weight excluding hydrogens is 342 g/mol. The minimum absolute atomic E-state index is 0.127. The van der Waals surface area contributed by atoms with E-state index in [9.17, 15) is 4.79 Å². The van der Waals surface area contributed by atoms with Crippen molar-refractivity contribution in [2.45, 2.75) is 9.92 Å². The van der Waals surface area contributed by atoms with Gasteiger partial charge in [0.25, 0.3) is 0 Å². The summed E-state index contributed by atoms with van der Waals surface area (Å²) in [4.78, 5) is 17.4. The molecule has 0 atom stereocenters. The number of hydrogen-bond donors (Lipinski definition) is 0. The lowest BCUT2D eigenvalue weighted by Gasteiger charge is -2.02. The van der Waals surface area contributed by atoms with Crippen molar-refractivity contribution in [1.29, 1.82) is 0 Å². The molecule has 0 aliphatic carbocycles. The molecule has 19 heavy (non-hydrogen) atoms. The van der Waals surface area contributed by atoms with Gasteiger partial charge in [-0.25, -0.2) is 4.98 Å². The van der Waals surface area contributed by atoms with E-state index in [4.69, 9.17) is 0 Å². The van der Waals surface area contributed by atoms with E-state index in [1.165, 1.54) is 16.7 Å². The highest BCUT2D eigenvalue weighted by molar-refractivity contribution is 9.10. The smallest absolute Gasteiger partial charge is 0.173 e. The normalized spacial score (nSPS) is 10.4. The van der Waals surface area contributed by atoms with Gasteiger partial charge in [0.15, 0.2) is 5.78 Å². The minimum atomic E-state index is 0.127. The summed E-state index contributed by atoms with van der Waals surface area (Å²) in [6.07, 6.45) is 3.76. The molecular formula is C14H12BrNOS2. The van der Waals surface area contributed by atoms with Crippen LogP contribution < -0.4 is 0 Å². The van der Waals surface area contributed by atoms with Gasteiger partial charge in [-0.3, -0.25) is 4.79 Å². The quantitative estimate of drug-likeness (QED) is 0.582. The van der Waals surface area contributed by atoms with Crippen LogP contribution in [0.3, 0.4) is 0 Å². The first-order valence-corrected chi connectivity index (χ1v) is 8.61. The Kier molecular flexibility index (Phi) is 5.48. The fourth-order valence-electron chi connectivity index (χ4n) is 1.45. The zero-order chi connectivity index (χ0) is 13.7. The van der Waals surface area contributed by atoms with Crippen molar-refractivity contribution >= 4 is 45.2 Å². The van der Waals surface area contributed by atoms with Gasteiger partial charge in [-0.1, -0.05) is 23.9 Å². The number of Topliss-reactive ketones (excluding diaryl/α,β-unsaturated/α-hetero) is 1. The predicted octanol–water partition coefficient (Wildman–Crippen LogP) is 4.54. The molecule has 0 radical (unpaired) electrons. The average molecular weight is 354 g/mol. The topological polar surface area (TPSA) is 30.0 Å². The Morgan fingerprint density at radius 2 is 1.95 bits per heavy atom. The van der Waals surface area contributed by atoms with Crippen LogP contribution in [-0.4, -0.2) is 22.8 Å². The van der Waals surface area contributed by atoms with E-state index >= 15 is 0 Å². The second kappa shape index (κ2) is 7.12. The zero-order valence-corrected chi connectivity index (χ0v) is 13.5. The van der Waals surface area contributed by atoms with Crippen molar-refractivity contribution < 1.29 is 4.79 Å². The van der Waals surface area contributed by atoms with Gasteiger partial charge < -0.3 is 0 Å². The largest absolute Gasteiger partial charge is 0.293 e. The first kappa shape index (κ1) is 14.6. The van der Waals surface area contributed by atoms with Crippen LogP contribution in [0.1, 0.15) is 10.4 Å². The third kappa shape index (κ3) is 4.37. The molecule has 0 aliphatic rings. The molecule has 5 heteroatoms. The molecule has 2 nitrogen and oxygen atoms in total. The summed E-state index contributed by atoms with van der Waals surface area (Å²) in [7, 11) is 0. The van der Waals surface area contributed by atoms with Gasteiger partial charge in [0, 0.05) is 21.1 Å². The average Bonchev–Trinajstić information content (AvgIpc) is 2.46. The van der Waals surface area contributed by atoms with Crippen LogP contribution in [0, 0.1) is 0 Å². The third-order valence-corrected chi connectivity index (χ3v) is 4.62. The summed E-state index contributed by atoms with van der Waals surface area (Å²) < 4.78 is 0.941. The highest BCUT2D eigenvalue weighted by atomic mass is 79.9. The van der Waals surface area contributed by atoms with Gasteiger partial charge in [0.1, 0.15) is 0 Å². The lowest BCUT2D eigenvalue weighted by Crippen LogP contribution is -2.02. The maximum atomic E-state index is 12.0. The fourth-order valence-corrected chi connectivity index (χ4v) is 2.83. The highest BCUT2D eigenvalue weighted by Crippen LogP contribution is 2.20. The van der Waals surface area contributed by atoms with E-state index in [0.717, 1.165) is 15.1 Å². The Hall–Kier alpha value is -0.780.